The van der Waals surface area contributed by atoms with Crippen LogP contribution >= 0.6 is 0 Å². The molecule has 0 atom stereocenters. The first kappa shape index (κ1) is 21.9. The predicted molar refractivity (Wildman–Crippen MR) is 114 cm³/mol. The molecule has 1 aliphatic rings. The number of fused-ring (bicyclic) bond motifs is 1. The molecule has 33 heavy (non-hydrogen) atoms. The van der Waals surface area contributed by atoms with E-state index in [9.17, 15) is 24.1 Å². The first-order valence-corrected chi connectivity index (χ1v) is 10.3. The van der Waals surface area contributed by atoms with Crippen molar-refractivity contribution in [2.45, 2.75) is 25.7 Å². The fourth-order valence-corrected chi connectivity index (χ4v) is 3.67. The molecule has 1 aliphatic carbocycles. The number of hydrogen-bond donors (Lipinski definition) is 2. The van der Waals surface area contributed by atoms with Crippen LogP contribution in [0.4, 0.5) is 10.1 Å². The van der Waals surface area contributed by atoms with E-state index in [1.54, 1.807) is 22.9 Å². The van der Waals surface area contributed by atoms with E-state index in [0.29, 0.717) is 12.1 Å². The van der Waals surface area contributed by atoms with E-state index in [4.69, 9.17) is 4.74 Å². The van der Waals surface area contributed by atoms with E-state index in [1.807, 2.05) is 0 Å². The zero-order valence-corrected chi connectivity index (χ0v) is 17.4. The Morgan fingerprint density at radius 3 is 2.58 bits per heavy atom. The van der Waals surface area contributed by atoms with E-state index >= 15 is 0 Å². The molecule has 2 aromatic carbocycles. The van der Waals surface area contributed by atoms with E-state index < -0.39 is 23.3 Å². The van der Waals surface area contributed by atoms with Crippen LogP contribution in [-0.2, 0) is 17.6 Å². The van der Waals surface area contributed by atoms with Crippen molar-refractivity contribution in [1.29, 1.82) is 0 Å². The van der Waals surface area contributed by atoms with Gasteiger partial charge in [0, 0.05) is 17.3 Å². The van der Waals surface area contributed by atoms with Gasteiger partial charge in [-0.2, -0.15) is 5.10 Å². The van der Waals surface area contributed by atoms with Crippen LogP contribution in [0.2, 0.25) is 0 Å². The van der Waals surface area contributed by atoms with Gasteiger partial charge in [-0.1, -0.05) is 12.1 Å². The summed E-state index contributed by atoms with van der Waals surface area (Å²) in [5.41, 5.74) is 6.74. The molecular formula is C22H20FN5O5. The lowest BCUT2D eigenvalue weighted by Crippen LogP contribution is -2.44. The van der Waals surface area contributed by atoms with Crippen molar-refractivity contribution in [3.05, 3.63) is 81.4 Å². The minimum atomic E-state index is -0.701. The number of nitrogens with one attached hydrogen (secondary N) is 2. The van der Waals surface area contributed by atoms with Crippen molar-refractivity contribution < 1.29 is 23.6 Å². The van der Waals surface area contributed by atoms with E-state index in [0.717, 1.165) is 30.5 Å². The second-order valence-corrected chi connectivity index (χ2v) is 7.38. The van der Waals surface area contributed by atoms with Crippen LogP contribution in [-0.4, -0.2) is 33.1 Å². The minimum Gasteiger partial charge on any atom is -0.477 e. The summed E-state index contributed by atoms with van der Waals surface area (Å²) in [6.45, 7) is -0.534. The lowest BCUT2D eigenvalue weighted by Gasteiger charge is -2.14. The average Bonchev–Trinajstić information content (AvgIpc) is 3.21. The molecule has 170 valence electrons. The highest BCUT2D eigenvalue weighted by atomic mass is 19.1. The van der Waals surface area contributed by atoms with Crippen LogP contribution in [0.25, 0.3) is 5.69 Å². The molecular weight excluding hydrogens is 433 g/mol. The average molecular weight is 453 g/mol. The van der Waals surface area contributed by atoms with Gasteiger partial charge in [0.15, 0.2) is 18.1 Å². The Kier molecular flexibility index (Phi) is 6.29. The van der Waals surface area contributed by atoms with Gasteiger partial charge in [0.2, 0.25) is 0 Å². The highest BCUT2D eigenvalue weighted by Crippen LogP contribution is 2.27. The van der Waals surface area contributed by atoms with Crippen molar-refractivity contribution in [3.63, 3.8) is 0 Å². The van der Waals surface area contributed by atoms with E-state index in [2.05, 4.69) is 16.0 Å². The fourth-order valence-electron chi connectivity index (χ4n) is 3.67. The molecule has 0 saturated heterocycles. The summed E-state index contributed by atoms with van der Waals surface area (Å²) < 4.78 is 20.1. The van der Waals surface area contributed by atoms with Gasteiger partial charge in [-0.05, 0) is 56.0 Å². The minimum absolute atomic E-state index is 0.0592. The number of nitro groups is 1. The molecule has 11 heteroatoms. The maximum absolute atomic E-state index is 13.3. The molecule has 1 aromatic heterocycles. The summed E-state index contributed by atoms with van der Waals surface area (Å²) in [5, 5.41) is 15.4. The Hall–Kier alpha value is -4.28. The number of carbonyl (C=O) groups is 2. The SMILES string of the molecule is O=C(COc1ccccc1[N+](=O)[O-])NNC(=O)c1nn(-c2ccc(F)cc2)c2c1CCCC2. The van der Waals surface area contributed by atoms with Gasteiger partial charge in [-0.25, -0.2) is 9.07 Å². The second-order valence-electron chi connectivity index (χ2n) is 7.38. The van der Waals surface area contributed by atoms with Crippen molar-refractivity contribution in [1.82, 2.24) is 20.6 Å². The van der Waals surface area contributed by atoms with Gasteiger partial charge in [0.1, 0.15) is 5.82 Å². The lowest BCUT2D eigenvalue weighted by atomic mass is 9.95. The third-order valence-corrected chi connectivity index (χ3v) is 5.20. The van der Waals surface area contributed by atoms with Crippen LogP contribution in [0.5, 0.6) is 5.75 Å². The van der Waals surface area contributed by atoms with Crippen LogP contribution in [0, 0.1) is 15.9 Å². The monoisotopic (exact) mass is 453 g/mol. The number of carbonyl (C=O) groups excluding carboxylic acids is 2. The largest absolute Gasteiger partial charge is 0.477 e. The second kappa shape index (κ2) is 9.47. The van der Waals surface area contributed by atoms with Crippen LogP contribution in [0.3, 0.4) is 0 Å². The van der Waals surface area contributed by atoms with Crippen molar-refractivity contribution >= 4 is 17.5 Å². The predicted octanol–water partition coefficient (Wildman–Crippen LogP) is 2.64. The summed E-state index contributed by atoms with van der Waals surface area (Å²) >= 11 is 0. The molecule has 0 unspecified atom stereocenters. The van der Waals surface area contributed by atoms with Crippen molar-refractivity contribution in [3.8, 4) is 11.4 Å². The van der Waals surface area contributed by atoms with Gasteiger partial charge in [0.25, 0.3) is 11.8 Å². The molecule has 0 spiro atoms. The summed E-state index contributed by atoms with van der Waals surface area (Å²) in [5.74, 6) is -1.74. The number of hydrazine groups is 1. The van der Waals surface area contributed by atoms with Gasteiger partial charge >= 0.3 is 5.69 Å². The lowest BCUT2D eigenvalue weighted by molar-refractivity contribution is -0.385. The fraction of sp³-hybridized carbons (Fsp3) is 0.227. The van der Waals surface area contributed by atoms with Gasteiger partial charge < -0.3 is 4.74 Å². The molecule has 0 aliphatic heterocycles. The van der Waals surface area contributed by atoms with Crippen molar-refractivity contribution in [2.24, 2.45) is 0 Å². The highest BCUT2D eigenvalue weighted by Gasteiger charge is 2.26. The topological polar surface area (TPSA) is 128 Å². The number of para-hydroxylation sites is 2. The molecule has 0 saturated carbocycles. The number of amides is 2. The number of ether oxygens (including phenoxy) is 1. The number of rotatable bonds is 6. The number of nitro benzene ring substituents is 1. The Labute approximate surface area is 187 Å². The summed E-state index contributed by atoms with van der Waals surface area (Å²) in [6, 6.07) is 11.5. The van der Waals surface area contributed by atoms with Gasteiger partial charge in [-0.3, -0.25) is 30.6 Å². The van der Waals surface area contributed by atoms with Crippen LogP contribution < -0.4 is 15.6 Å². The molecule has 0 fully saturated rings. The molecule has 0 bridgehead atoms. The number of aromatic nitrogens is 2. The molecule has 10 nitrogen and oxygen atoms in total. The number of halogens is 1. The van der Waals surface area contributed by atoms with Crippen molar-refractivity contribution in [2.75, 3.05) is 6.61 Å². The Balaban J connectivity index is 1.43. The van der Waals surface area contributed by atoms with E-state index in [-0.39, 0.29) is 22.9 Å². The third-order valence-electron chi connectivity index (χ3n) is 5.20. The maximum Gasteiger partial charge on any atom is 0.310 e. The first-order valence-electron chi connectivity index (χ1n) is 10.3. The number of hydrogen-bond acceptors (Lipinski definition) is 6. The van der Waals surface area contributed by atoms with E-state index in [1.165, 1.54) is 30.3 Å². The van der Waals surface area contributed by atoms with Crippen LogP contribution in [0.15, 0.2) is 48.5 Å². The highest BCUT2D eigenvalue weighted by molar-refractivity contribution is 5.95. The number of nitrogens with zero attached hydrogens (tertiary/aromatic N) is 3. The summed E-state index contributed by atoms with van der Waals surface area (Å²) in [6.07, 6.45) is 3.23. The molecule has 2 amide bonds. The zero-order valence-electron chi connectivity index (χ0n) is 17.4. The number of benzene rings is 2. The maximum atomic E-state index is 13.3. The van der Waals surface area contributed by atoms with Gasteiger partial charge in [-0.15, -0.1) is 0 Å². The Morgan fingerprint density at radius 2 is 1.82 bits per heavy atom. The molecule has 4 rings (SSSR count). The molecule has 1 heterocycles. The normalized spacial score (nSPS) is 12.5. The Morgan fingerprint density at radius 1 is 1.09 bits per heavy atom. The molecule has 2 N–H and O–H groups in total. The molecule has 3 aromatic rings. The van der Waals surface area contributed by atoms with Gasteiger partial charge in [0.05, 0.1) is 10.6 Å². The molecule has 0 radical (unpaired) electrons. The third kappa shape index (κ3) is 4.81. The van der Waals surface area contributed by atoms with Crippen LogP contribution in [0.1, 0.15) is 34.6 Å². The Bertz CT molecular complexity index is 1210. The quantitative estimate of drug-likeness (QED) is 0.436. The smallest absolute Gasteiger partial charge is 0.310 e. The summed E-state index contributed by atoms with van der Waals surface area (Å²) in [7, 11) is 0. The standard InChI is InChI=1S/C22H20FN5O5/c23-14-9-11-15(12-10-14)27-17-6-2-1-5-16(17)21(26-27)22(30)25-24-20(29)13-33-19-8-4-3-7-18(19)28(31)32/h3-4,7-12H,1-2,5-6,13H2,(H,24,29)(H,25,30). The summed E-state index contributed by atoms with van der Waals surface area (Å²) in [4.78, 5) is 35.2. The first-order chi connectivity index (χ1) is 15.9. The zero-order chi connectivity index (χ0) is 23.4.